The summed E-state index contributed by atoms with van der Waals surface area (Å²) in [6, 6.07) is 7.53. The second-order valence-corrected chi connectivity index (χ2v) is 7.37. The van der Waals surface area contributed by atoms with Gasteiger partial charge in [-0.05, 0) is 12.5 Å². The van der Waals surface area contributed by atoms with Crippen LogP contribution in [0.5, 0.6) is 0 Å². The van der Waals surface area contributed by atoms with Gasteiger partial charge >= 0.3 is 0 Å². The Morgan fingerprint density at radius 2 is 2.10 bits per heavy atom. The largest absolute Gasteiger partial charge is 0.321 e. The number of amides is 2. The Morgan fingerprint density at radius 3 is 2.80 bits per heavy atom. The fourth-order valence-corrected chi connectivity index (χ4v) is 3.68. The van der Waals surface area contributed by atoms with Crippen molar-refractivity contribution in [3.63, 3.8) is 0 Å². The first-order chi connectivity index (χ1) is 14.3. The lowest BCUT2D eigenvalue weighted by Crippen LogP contribution is -2.61. The predicted molar refractivity (Wildman–Crippen MR) is 106 cm³/mol. The molecular weight excluding hydrogens is 392 g/mol. The number of hydrogen-bond donors (Lipinski definition) is 4. The van der Waals surface area contributed by atoms with Crippen LogP contribution in [0.25, 0.3) is 0 Å². The van der Waals surface area contributed by atoms with E-state index in [1.54, 1.807) is 25.1 Å². The molecule has 0 saturated carbocycles. The third kappa shape index (κ3) is 3.87. The standard InChI is InChI=1S/C18H22N8O4/c1-10-7-14(20-15(27)8-11-3-5-12(6-4-11)26(29)30)25(23-10)18-21-16-13(17(28)22-18)9-19-24(16)2/h3-7,13,16,18-19,21H,8-9H2,1-2H3,(H,20,27)(H,22,28). The average Bonchev–Trinajstić information content (AvgIpc) is 3.25. The number of hydrazine groups is 1. The molecule has 2 aromatic rings. The number of anilines is 1. The van der Waals surface area contributed by atoms with Gasteiger partial charge in [-0.2, -0.15) is 5.10 Å². The summed E-state index contributed by atoms with van der Waals surface area (Å²) in [6.45, 7) is 2.34. The number of fused-ring (bicyclic) bond motifs is 1. The molecule has 2 fully saturated rings. The number of hydrogen-bond acceptors (Lipinski definition) is 8. The van der Waals surface area contributed by atoms with Crippen LogP contribution < -0.4 is 21.4 Å². The molecule has 2 aliphatic rings. The average molecular weight is 414 g/mol. The third-order valence-electron chi connectivity index (χ3n) is 5.19. The Kier molecular flexibility index (Phi) is 5.20. The van der Waals surface area contributed by atoms with Gasteiger partial charge in [0.1, 0.15) is 5.82 Å². The minimum atomic E-state index is -0.621. The molecule has 1 aromatic carbocycles. The van der Waals surface area contributed by atoms with Crippen molar-refractivity contribution in [1.82, 2.24) is 30.8 Å². The summed E-state index contributed by atoms with van der Waals surface area (Å²) in [5, 5.41) is 26.0. The number of nitro benzene ring substituents is 1. The van der Waals surface area contributed by atoms with E-state index in [-0.39, 0.29) is 36.0 Å². The lowest BCUT2D eigenvalue weighted by atomic mass is 10.1. The maximum absolute atomic E-state index is 12.5. The van der Waals surface area contributed by atoms with Gasteiger partial charge in [0.05, 0.1) is 29.1 Å². The quantitative estimate of drug-likeness (QED) is 0.390. The second-order valence-electron chi connectivity index (χ2n) is 7.37. The highest BCUT2D eigenvalue weighted by atomic mass is 16.6. The fourth-order valence-electron chi connectivity index (χ4n) is 3.68. The van der Waals surface area contributed by atoms with Crippen molar-refractivity contribution in [2.24, 2.45) is 5.92 Å². The van der Waals surface area contributed by atoms with E-state index in [2.05, 4.69) is 26.5 Å². The van der Waals surface area contributed by atoms with Gasteiger partial charge in [0.15, 0.2) is 6.29 Å². The summed E-state index contributed by atoms with van der Waals surface area (Å²) in [6.07, 6.45) is -0.772. The van der Waals surface area contributed by atoms with Crippen molar-refractivity contribution in [1.29, 1.82) is 0 Å². The number of non-ortho nitro benzene ring substituents is 1. The lowest BCUT2D eigenvalue weighted by Gasteiger charge is -2.35. The van der Waals surface area contributed by atoms with Gasteiger partial charge in [-0.15, -0.1) is 0 Å². The van der Waals surface area contributed by atoms with E-state index in [0.29, 0.717) is 23.6 Å². The second kappa shape index (κ2) is 7.82. The molecule has 0 aliphatic carbocycles. The number of aromatic nitrogens is 2. The molecule has 3 heterocycles. The van der Waals surface area contributed by atoms with Gasteiger partial charge in [-0.1, -0.05) is 12.1 Å². The maximum atomic E-state index is 12.5. The summed E-state index contributed by atoms with van der Waals surface area (Å²) >= 11 is 0. The highest BCUT2D eigenvalue weighted by Gasteiger charge is 2.43. The summed E-state index contributed by atoms with van der Waals surface area (Å²) in [7, 11) is 1.86. The number of nitrogens with zero attached hydrogens (tertiary/aromatic N) is 4. The first-order valence-corrected chi connectivity index (χ1v) is 9.44. The molecule has 0 radical (unpaired) electrons. The molecule has 30 heavy (non-hydrogen) atoms. The van der Waals surface area contributed by atoms with Crippen LogP contribution in [0.2, 0.25) is 0 Å². The van der Waals surface area contributed by atoms with Gasteiger partial charge in [0.2, 0.25) is 11.8 Å². The summed E-state index contributed by atoms with van der Waals surface area (Å²) in [5.41, 5.74) is 4.41. The highest BCUT2D eigenvalue weighted by Crippen LogP contribution is 2.23. The Bertz CT molecular complexity index is 989. The molecule has 1 aromatic heterocycles. The van der Waals surface area contributed by atoms with Crippen LogP contribution in [-0.4, -0.2) is 51.3 Å². The highest BCUT2D eigenvalue weighted by molar-refractivity contribution is 5.91. The van der Waals surface area contributed by atoms with Gasteiger partial charge in [-0.25, -0.2) is 9.69 Å². The van der Waals surface area contributed by atoms with Crippen LogP contribution >= 0.6 is 0 Å². The zero-order chi connectivity index (χ0) is 21.4. The minimum Gasteiger partial charge on any atom is -0.321 e. The number of nitrogens with one attached hydrogen (secondary N) is 4. The van der Waals surface area contributed by atoms with E-state index in [1.807, 2.05) is 12.1 Å². The molecular formula is C18H22N8O4. The van der Waals surface area contributed by atoms with E-state index in [1.165, 1.54) is 16.8 Å². The Morgan fingerprint density at radius 1 is 1.37 bits per heavy atom. The monoisotopic (exact) mass is 414 g/mol. The first-order valence-electron chi connectivity index (χ1n) is 9.44. The van der Waals surface area contributed by atoms with Crippen LogP contribution in [0.4, 0.5) is 11.5 Å². The van der Waals surface area contributed by atoms with Crippen molar-refractivity contribution in [2.45, 2.75) is 25.8 Å². The lowest BCUT2D eigenvalue weighted by molar-refractivity contribution is -0.384. The molecule has 0 spiro atoms. The molecule has 0 bridgehead atoms. The Labute approximate surface area is 171 Å². The van der Waals surface area contributed by atoms with Crippen LogP contribution in [0.1, 0.15) is 17.5 Å². The van der Waals surface area contributed by atoms with Crippen molar-refractivity contribution >= 4 is 23.3 Å². The molecule has 2 amide bonds. The molecule has 12 nitrogen and oxygen atoms in total. The molecule has 2 saturated heterocycles. The molecule has 4 rings (SSSR count). The summed E-state index contributed by atoms with van der Waals surface area (Å²) in [5.74, 6) is -0.186. The van der Waals surface area contributed by atoms with E-state index < -0.39 is 11.2 Å². The zero-order valence-corrected chi connectivity index (χ0v) is 16.5. The van der Waals surface area contributed by atoms with E-state index in [4.69, 9.17) is 0 Å². The number of rotatable bonds is 5. The van der Waals surface area contributed by atoms with Crippen LogP contribution in [-0.2, 0) is 16.0 Å². The number of carbonyl (C=O) groups excluding carboxylic acids is 2. The third-order valence-corrected chi connectivity index (χ3v) is 5.19. The normalized spacial score (nSPS) is 23.7. The molecule has 2 aliphatic heterocycles. The van der Waals surface area contributed by atoms with Crippen molar-refractivity contribution < 1.29 is 14.5 Å². The number of carbonyl (C=O) groups is 2. The molecule has 158 valence electrons. The van der Waals surface area contributed by atoms with Crippen molar-refractivity contribution in [2.75, 3.05) is 18.9 Å². The molecule has 3 atom stereocenters. The van der Waals surface area contributed by atoms with Gasteiger partial charge in [0.25, 0.3) is 5.69 Å². The Balaban J connectivity index is 1.47. The van der Waals surface area contributed by atoms with Gasteiger partial charge in [-0.3, -0.25) is 30.4 Å². The Hall–Kier alpha value is -3.35. The summed E-state index contributed by atoms with van der Waals surface area (Å²) in [4.78, 5) is 35.3. The first kappa shape index (κ1) is 19.9. The summed E-state index contributed by atoms with van der Waals surface area (Å²) < 4.78 is 1.53. The topological polar surface area (TPSA) is 146 Å². The van der Waals surface area contributed by atoms with E-state index >= 15 is 0 Å². The smallest absolute Gasteiger partial charge is 0.269 e. The van der Waals surface area contributed by atoms with Crippen LogP contribution in [0.3, 0.4) is 0 Å². The number of nitro groups is 1. The van der Waals surface area contributed by atoms with Crippen LogP contribution in [0.15, 0.2) is 30.3 Å². The molecule has 3 unspecified atom stereocenters. The van der Waals surface area contributed by atoms with Gasteiger partial charge in [0, 0.05) is 31.8 Å². The van der Waals surface area contributed by atoms with Crippen LogP contribution in [0, 0.1) is 23.0 Å². The number of aryl methyl sites for hydroxylation is 1. The van der Waals surface area contributed by atoms with E-state index in [0.717, 1.165) is 0 Å². The zero-order valence-electron chi connectivity index (χ0n) is 16.5. The van der Waals surface area contributed by atoms with Gasteiger partial charge < -0.3 is 10.6 Å². The van der Waals surface area contributed by atoms with Crippen molar-refractivity contribution in [3.8, 4) is 0 Å². The predicted octanol–water partition coefficient (Wildman–Crippen LogP) is -0.151. The number of benzene rings is 1. The SMILES string of the molecule is Cc1cc(NC(=O)Cc2ccc([N+](=O)[O-])cc2)n(C2NC(=O)C3CNN(C)C3N2)n1. The van der Waals surface area contributed by atoms with E-state index in [9.17, 15) is 19.7 Å². The maximum Gasteiger partial charge on any atom is 0.269 e. The molecule has 4 N–H and O–H groups in total. The minimum absolute atomic E-state index is 0.0309. The fraction of sp³-hybridized carbons (Fsp3) is 0.389. The molecule has 12 heteroatoms. The van der Waals surface area contributed by atoms with Crippen molar-refractivity contribution in [3.05, 3.63) is 51.7 Å².